The van der Waals surface area contributed by atoms with Crippen LogP contribution < -0.4 is 15.4 Å². The maximum Gasteiger partial charge on any atom is 0.131 e. The summed E-state index contributed by atoms with van der Waals surface area (Å²) in [6.45, 7) is 3.59. The fraction of sp³-hybridized carbons (Fsp3) is 0.286. The SMILES string of the molecule is CCNc1cc(NCc2ccc(OC)cc2)ncn1. The van der Waals surface area contributed by atoms with Crippen molar-refractivity contribution in [2.45, 2.75) is 13.5 Å². The molecule has 0 fully saturated rings. The highest BCUT2D eigenvalue weighted by molar-refractivity contribution is 5.46. The summed E-state index contributed by atoms with van der Waals surface area (Å²) < 4.78 is 5.13. The van der Waals surface area contributed by atoms with Crippen molar-refractivity contribution in [2.75, 3.05) is 24.3 Å². The van der Waals surface area contributed by atoms with Crippen LogP contribution in [0.3, 0.4) is 0 Å². The molecule has 5 nitrogen and oxygen atoms in total. The van der Waals surface area contributed by atoms with Gasteiger partial charge in [-0.1, -0.05) is 12.1 Å². The molecule has 2 rings (SSSR count). The average molecular weight is 258 g/mol. The third-order valence-corrected chi connectivity index (χ3v) is 2.66. The van der Waals surface area contributed by atoms with Gasteiger partial charge >= 0.3 is 0 Å². The lowest BCUT2D eigenvalue weighted by molar-refractivity contribution is 0.414. The van der Waals surface area contributed by atoms with E-state index in [9.17, 15) is 0 Å². The predicted molar refractivity (Wildman–Crippen MR) is 76.5 cm³/mol. The lowest BCUT2D eigenvalue weighted by Gasteiger charge is -2.08. The van der Waals surface area contributed by atoms with Crippen LogP contribution in [0.15, 0.2) is 36.7 Å². The quantitative estimate of drug-likeness (QED) is 0.833. The monoisotopic (exact) mass is 258 g/mol. The first kappa shape index (κ1) is 13.1. The second-order valence-corrected chi connectivity index (χ2v) is 4.02. The number of nitrogens with zero attached hydrogens (tertiary/aromatic N) is 2. The van der Waals surface area contributed by atoms with Gasteiger partial charge in [-0.2, -0.15) is 0 Å². The Labute approximate surface area is 113 Å². The molecule has 0 radical (unpaired) electrons. The molecular formula is C14H18N4O. The lowest BCUT2D eigenvalue weighted by atomic mass is 10.2. The summed E-state index contributed by atoms with van der Waals surface area (Å²) in [5.74, 6) is 2.50. The highest BCUT2D eigenvalue weighted by Gasteiger charge is 1.98. The Bertz CT molecular complexity index is 513. The number of benzene rings is 1. The summed E-state index contributed by atoms with van der Waals surface area (Å²) in [6.07, 6.45) is 1.55. The van der Waals surface area contributed by atoms with E-state index in [0.717, 1.165) is 23.9 Å². The van der Waals surface area contributed by atoms with Crippen LogP contribution in [0.1, 0.15) is 12.5 Å². The van der Waals surface area contributed by atoms with Crippen molar-refractivity contribution in [1.29, 1.82) is 0 Å². The van der Waals surface area contributed by atoms with E-state index in [2.05, 4.69) is 20.6 Å². The van der Waals surface area contributed by atoms with Gasteiger partial charge in [-0.15, -0.1) is 0 Å². The first-order valence-corrected chi connectivity index (χ1v) is 6.24. The average Bonchev–Trinajstić information content (AvgIpc) is 2.46. The van der Waals surface area contributed by atoms with Gasteiger partial charge in [0.2, 0.25) is 0 Å². The van der Waals surface area contributed by atoms with Gasteiger partial charge in [-0.05, 0) is 24.6 Å². The summed E-state index contributed by atoms with van der Waals surface area (Å²) in [7, 11) is 1.66. The smallest absolute Gasteiger partial charge is 0.131 e. The zero-order valence-corrected chi connectivity index (χ0v) is 11.2. The molecule has 2 N–H and O–H groups in total. The van der Waals surface area contributed by atoms with Crippen LogP contribution in [0.2, 0.25) is 0 Å². The minimum Gasteiger partial charge on any atom is -0.497 e. The zero-order valence-electron chi connectivity index (χ0n) is 11.2. The fourth-order valence-electron chi connectivity index (χ4n) is 1.67. The molecule has 100 valence electrons. The number of hydrogen-bond donors (Lipinski definition) is 2. The van der Waals surface area contributed by atoms with Gasteiger partial charge < -0.3 is 15.4 Å². The molecule has 0 amide bonds. The van der Waals surface area contributed by atoms with Crippen LogP contribution in [0.4, 0.5) is 11.6 Å². The van der Waals surface area contributed by atoms with Crippen molar-refractivity contribution < 1.29 is 4.74 Å². The van der Waals surface area contributed by atoms with Gasteiger partial charge in [0.05, 0.1) is 7.11 Å². The van der Waals surface area contributed by atoms with E-state index in [-0.39, 0.29) is 0 Å². The molecule has 1 heterocycles. The van der Waals surface area contributed by atoms with Crippen molar-refractivity contribution in [3.63, 3.8) is 0 Å². The Morgan fingerprint density at radius 2 is 1.74 bits per heavy atom. The molecule has 0 atom stereocenters. The minimum atomic E-state index is 0.715. The van der Waals surface area contributed by atoms with Crippen molar-refractivity contribution >= 4 is 11.6 Å². The van der Waals surface area contributed by atoms with E-state index in [1.165, 1.54) is 5.56 Å². The summed E-state index contributed by atoms with van der Waals surface area (Å²) >= 11 is 0. The molecule has 0 saturated heterocycles. The van der Waals surface area contributed by atoms with E-state index in [1.807, 2.05) is 37.3 Å². The summed E-state index contributed by atoms with van der Waals surface area (Å²) in [5, 5.41) is 6.42. The van der Waals surface area contributed by atoms with Crippen molar-refractivity contribution in [1.82, 2.24) is 9.97 Å². The van der Waals surface area contributed by atoms with Gasteiger partial charge in [0.1, 0.15) is 23.7 Å². The van der Waals surface area contributed by atoms with E-state index in [4.69, 9.17) is 4.74 Å². The number of aromatic nitrogens is 2. The van der Waals surface area contributed by atoms with Crippen molar-refractivity contribution in [2.24, 2.45) is 0 Å². The first-order chi connectivity index (χ1) is 9.31. The Hall–Kier alpha value is -2.30. The molecule has 0 spiro atoms. The topological polar surface area (TPSA) is 59.1 Å². The molecule has 0 saturated carbocycles. The second-order valence-electron chi connectivity index (χ2n) is 4.02. The van der Waals surface area contributed by atoms with Gasteiger partial charge in [0.15, 0.2) is 0 Å². The molecule has 0 unspecified atom stereocenters. The first-order valence-electron chi connectivity index (χ1n) is 6.24. The van der Waals surface area contributed by atoms with Gasteiger partial charge in [-0.3, -0.25) is 0 Å². The number of methoxy groups -OCH3 is 1. The van der Waals surface area contributed by atoms with Crippen molar-refractivity contribution in [3.05, 3.63) is 42.2 Å². The number of anilines is 2. The maximum atomic E-state index is 5.13. The Morgan fingerprint density at radius 1 is 1.05 bits per heavy atom. The standard InChI is InChI=1S/C14H18N4O/c1-3-15-13-8-14(18-10-17-13)16-9-11-4-6-12(19-2)7-5-11/h4-8,10H,3,9H2,1-2H3,(H2,15,16,17,18). The summed E-state index contributed by atoms with van der Waals surface area (Å²) in [4.78, 5) is 8.31. The Morgan fingerprint density at radius 3 is 2.37 bits per heavy atom. The molecule has 2 aromatic rings. The van der Waals surface area contributed by atoms with E-state index in [1.54, 1.807) is 13.4 Å². The van der Waals surface area contributed by atoms with Crippen molar-refractivity contribution in [3.8, 4) is 5.75 Å². The Balaban J connectivity index is 1.95. The summed E-state index contributed by atoms with van der Waals surface area (Å²) in [5.41, 5.74) is 1.17. The van der Waals surface area contributed by atoms with Crippen LogP contribution in [0.25, 0.3) is 0 Å². The molecule has 0 aliphatic carbocycles. The Kier molecular flexibility index (Phi) is 4.55. The number of nitrogens with one attached hydrogen (secondary N) is 2. The molecule has 0 aliphatic heterocycles. The third-order valence-electron chi connectivity index (χ3n) is 2.66. The van der Waals surface area contributed by atoms with Crippen LogP contribution >= 0.6 is 0 Å². The molecule has 0 aliphatic rings. The second kappa shape index (κ2) is 6.58. The van der Waals surface area contributed by atoms with Crippen LogP contribution in [0.5, 0.6) is 5.75 Å². The highest BCUT2D eigenvalue weighted by atomic mass is 16.5. The van der Waals surface area contributed by atoms with Gasteiger partial charge in [0.25, 0.3) is 0 Å². The number of ether oxygens (including phenoxy) is 1. The highest BCUT2D eigenvalue weighted by Crippen LogP contribution is 2.13. The van der Waals surface area contributed by atoms with Gasteiger partial charge in [0, 0.05) is 19.2 Å². The minimum absolute atomic E-state index is 0.715. The molecule has 1 aromatic carbocycles. The van der Waals surface area contributed by atoms with Gasteiger partial charge in [-0.25, -0.2) is 9.97 Å². The summed E-state index contributed by atoms with van der Waals surface area (Å²) in [6, 6.07) is 9.84. The molecule has 5 heteroatoms. The number of hydrogen-bond acceptors (Lipinski definition) is 5. The van der Waals surface area contributed by atoms with Crippen LogP contribution in [-0.2, 0) is 6.54 Å². The van der Waals surface area contributed by atoms with Crippen LogP contribution in [-0.4, -0.2) is 23.6 Å². The predicted octanol–water partition coefficient (Wildman–Crippen LogP) is 2.53. The largest absolute Gasteiger partial charge is 0.497 e. The number of rotatable bonds is 6. The molecule has 0 bridgehead atoms. The lowest BCUT2D eigenvalue weighted by Crippen LogP contribution is -2.04. The van der Waals surface area contributed by atoms with E-state index < -0.39 is 0 Å². The molecule has 1 aromatic heterocycles. The molecular weight excluding hydrogens is 240 g/mol. The fourth-order valence-corrected chi connectivity index (χ4v) is 1.67. The van der Waals surface area contributed by atoms with Crippen LogP contribution in [0, 0.1) is 0 Å². The van der Waals surface area contributed by atoms with E-state index >= 15 is 0 Å². The maximum absolute atomic E-state index is 5.13. The normalized spacial score (nSPS) is 10.0. The molecule has 19 heavy (non-hydrogen) atoms. The third kappa shape index (κ3) is 3.84. The van der Waals surface area contributed by atoms with E-state index in [0.29, 0.717) is 6.54 Å². The zero-order chi connectivity index (χ0) is 13.5.